The van der Waals surface area contributed by atoms with Gasteiger partial charge in [-0.3, -0.25) is 4.79 Å². The zero-order chi connectivity index (χ0) is 14.2. The van der Waals surface area contributed by atoms with Crippen LogP contribution in [0.15, 0.2) is 18.2 Å². The van der Waals surface area contributed by atoms with Crippen molar-refractivity contribution >= 4 is 28.8 Å². The van der Waals surface area contributed by atoms with Gasteiger partial charge in [0.2, 0.25) is 5.91 Å². The number of halogens is 3. The average molecular weight is 288 g/mol. The fourth-order valence-corrected chi connectivity index (χ4v) is 1.84. The number of hydrogen-bond acceptors (Lipinski definition) is 2. The zero-order valence-electron chi connectivity index (χ0n) is 9.75. The molecule has 102 valence electrons. The van der Waals surface area contributed by atoms with E-state index in [1.54, 1.807) is 0 Å². The van der Waals surface area contributed by atoms with E-state index in [-0.39, 0.29) is 28.1 Å². The lowest BCUT2D eigenvalue weighted by Crippen LogP contribution is -2.19. The molecule has 0 unspecified atom stereocenters. The largest absolute Gasteiger partial charge is 0.417 e. The summed E-state index contributed by atoms with van der Waals surface area (Å²) in [5, 5.41) is 2.46. The normalized spacial score (nSPS) is 15.1. The van der Waals surface area contributed by atoms with Gasteiger partial charge < -0.3 is 11.1 Å². The molecular formula is C12H11F3N2OS. The van der Waals surface area contributed by atoms with Gasteiger partial charge in [0, 0.05) is 17.2 Å². The summed E-state index contributed by atoms with van der Waals surface area (Å²) in [5.74, 6) is -0.333. The SMILES string of the molecule is NC(=S)c1ccc(NC(=O)C2CC2)cc1C(F)(F)F. The van der Waals surface area contributed by atoms with Crippen LogP contribution in [0.2, 0.25) is 0 Å². The summed E-state index contributed by atoms with van der Waals surface area (Å²) in [7, 11) is 0. The third kappa shape index (κ3) is 3.23. The van der Waals surface area contributed by atoms with Crippen molar-refractivity contribution in [2.75, 3.05) is 5.32 Å². The Morgan fingerprint density at radius 1 is 1.37 bits per heavy atom. The van der Waals surface area contributed by atoms with Crippen LogP contribution in [0.4, 0.5) is 18.9 Å². The minimum absolute atomic E-state index is 0.0791. The predicted octanol–water partition coefficient (Wildman–Crippen LogP) is 2.69. The number of benzene rings is 1. The number of amides is 1. The highest BCUT2D eigenvalue weighted by atomic mass is 32.1. The fraction of sp³-hybridized carbons (Fsp3) is 0.333. The number of hydrogen-bond donors (Lipinski definition) is 2. The molecule has 0 heterocycles. The van der Waals surface area contributed by atoms with Crippen LogP contribution in [-0.2, 0) is 11.0 Å². The van der Waals surface area contributed by atoms with Crippen molar-refractivity contribution in [3.63, 3.8) is 0 Å². The lowest BCUT2D eigenvalue weighted by Gasteiger charge is -2.14. The van der Waals surface area contributed by atoms with Gasteiger partial charge >= 0.3 is 6.18 Å². The standard InChI is InChI=1S/C12H11F3N2OS/c13-12(14,15)9-5-7(3-4-8(9)10(16)19)17-11(18)6-1-2-6/h3-6H,1-2H2,(H2,16,19)(H,17,18). The van der Waals surface area contributed by atoms with E-state index in [0.29, 0.717) is 0 Å². The van der Waals surface area contributed by atoms with Gasteiger partial charge in [-0.25, -0.2) is 0 Å². The molecule has 2 rings (SSSR count). The number of thiocarbonyl (C=S) groups is 1. The molecule has 1 aliphatic carbocycles. The van der Waals surface area contributed by atoms with E-state index in [9.17, 15) is 18.0 Å². The fourth-order valence-electron chi connectivity index (χ4n) is 1.66. The molecule has 1 fully saturated rings. The van der Waals surface area contributed by atoms with E-state index < -0.39 is 11.7 Å². The molecule has 0 saturated heterocycles. The molecule has 3 N–H and O–H groups in total. The van der Waals surface area contributed by atoms with Crippen molar-refractivity contribution < 1.29 is 18.0 Å². The topological polar surface area (TPSA) is 55.1 Å². The molecule has 0 radical (unpaired) electrons. The van der Waals surface area contributed by atoms with Gasteiger partial charge in [0.1, 0.15) is 4.99 Å². The van der Waals surface area contributed by atoms with Gasteiger partial charge in [-0.2, -0.15) is 13.2 Å². The maximum atomic E-state index is 12.9. The molecule has 1 amide bonds. The highest BCUT2D eigenvalue weighted by molar-refractivity contribution is 7.80. The Labute approximate surface area is 113 Å². The van der Waals surface area contributed by atoms with E-state index in [2.05, 4.69) is 17.5 Å². The Bertz CT molecular complexity index is 538. The second-order valence-electron chi connectivity index (χ2n) is 4.39. The number of nitrogens with one attached hydrogen (secondary N) is 1. The minimum atomic E-state index is -4.57. The van der Waals surface area contributed by atoms with Gasteiger partial charge in [-0.05, 0) is 31.0 Å². The minimum Gasteiger partial charge on any atom is -0.389 e. The molecule has 0 bridgehead atoms. The summed E-state index contributed by atoms with van der Waals surface area (Å²) in [4.78, 5) is 11.2. The number of alkyl halides is 3. The van der Waals surface area contributed by atoms with Crippen LogP contribution < -0.4 is 11.1 Å². The smallest absolute Gasteiger partial charge is 0.389 e. The molecule has 0 aliphatic heterocycles. The molecule has 1 aromatic carbocycles. The van der Waals surface area contributed by atoms with Crippen LogP contribution in [0.1, 0.15) is 24.0 Å². The summed E-state index contributed by atoms with van der Waals surface area (Å²) in [5.41, 5.74) is 4.19. The lowest BCUT2D eigenvalue weighted by molar-refractivity contribution is -0.137. The van der Waals surface area contributed by atoms with Crippen molar-refractivity contribution in [1.82, 2.24) is 0 Å². The monoisotopic (exact) mass is 288 g/mol. The summed E-state index contributed by atoms with van der Waals surface area (Å²) in [6.45, 7) is 0. The summed E-state index contributed by atoms with van der Waals surface area (Å²) in [6.07, 6.45) is -3.01. The quantitative estimate of drug-likeness (QED) is 0.841. The average Bonchev–Trinajstić information content (AvgIpc) is 3.11. The van der Waals surface area contributed by atoms with E-state index in [0.717, 1.165) is 18.9 Å². The summed E-state index contributed by atoms with van der Waals surface area (Å²) < 4.78 is 38.6. The van der Waals surface area contributed by atoms with Crippen LogP contribution in [-0.4, -0.2) is 10.9 Å². The number of nitrogens with two attached hydrogens (primary N) is 1. The molecule has 0 atom stereocenters. The van der Waals surface area contributed by atoms with E-state index in [1.807, 2.05) is 0 Å². The van der Waals surface area contributed by atoms with Crippen molar-refractivity contribution in [1.29, 1.82) is 0 Å². The van der Waals surface area contributed by atoms with Crippen molar-refractivity contribution in [2.45, 2.75) is 19.0 Å². The van der Waals surface area contributed by atoms with Crippen molar-refractivity contribution in [3.05, 3.63) is 29.3 Å². The van der Waals surface area contributed by atoms with Crippen LogP contribution >= 0.6 is 12.2 Å². The van der Waals surface area contributed by atoms with Gasteiger partial charge in [0.05, 0.1) is 5.56 Å². The third-order valence-electron chi connectivity index (χ3n) is 2.81. The lowest BCUT2D eigenvalue weighted by atomic mass is 10.1. The zero-order valence-corrected chi connectivity index (χ0v) is 10.6. The van der Waals surface area contributed by atoms with Crippen molar-refractivity contribution in [3.8, 4) is 0 Å². The Balaban J connectivity index is 2.32. The number of rotatable bonds is 3. The summed E-state index contributed by atoms with van der Waals surface area (Å²) >= 11 is 4.59. The highest BCUT2D eigenvalue weighted by Gasteiger charge is 2.35. The first-order chi connectivity index (χ1) is 8.79. The van der Waals surface area contributed by atoms with Gasteiger partial charge in [-0.1, -0.05) is 12.2 Å². The Kier molecular flexibility index (Phi) is 3.49. The van der Waals surface area contributed by atoms with Crippen LogP contribution in [0.3, 0.4) is 0 Å². The molecule has 0 aromatic heterocycles. The highest BCUT2D eigenvalue weighted by Crippen LogP contribution is 2.35. The number of carbonyl (C=O) groups excluding carboxylic acids is 1. The first-order valence-corrected chi connectivity index (χ1v) is 6.02. The van der Waals surface area contributed by atoms with Crippen LogP contribution in [0.25, 0.3) is 0 Å². The van der Waals surface area contributed by atoms with E-state index >= 15 is 0 Å². The predicted molar refractivity (Wildman–Crippen MR) is 68.7 cm³/mol. The number of anilines is 1. The molecule has 3 nitrogen and oxygen atoms in total. The molecule has 0 spiro atoms. The molecule has 19 heavy (non-hydrogen) atoms. The van der Waals surface area contributed by atoms with Gasteiger partial charge in [0.15, 0.2) is 0 Å². The van der Waals surface area contributed by atoms with Gasteiger partial charge in [0.25, 0.3) is 0 Å². The van der Waals surface area contributed by atoms with Crippen molar-refractivity contribution in [2.24, 2.45) is 11.7 Å². The summed E-state index contributed by atoms with van der Waals surface area (Å²) in [6, 6.07) is 3.40. The number of carbonyl (C=O) groups is 1. The molecule has 7 heteroatoms. The molecule has 1 saturated carbocycles. The first-order valence-electron chi connectivity index (χ1n) is 5.61. The maximum absolute atomic E-state index is 12.9. The Morgan fingerprint density at radius 3 is 2.47 bits per heavy atom. The second-order valence-corrected chi connectivity index (χ2v) is 4.83. The molecule has 1 aromatic rings. The van der Waals surface area contributed by atoms with Crippen LogP contribution in [0, 0.1) is 5.92 Å². The second kappa shape index (κ2) is 4.80. The van der Waals surface area contributed by atoms with Gasteiger partial charge in [-0.15, -0.1) is 0 Å². The Morgan fingerprint density at radius 2 is 2.00 bits per heavy atom. The third-order valence-corrected chi connectivity index (χ3v) is 3.03. The van der Waals surface area contributed by atoms with E-state index in [4.69, 9.17) is 5.73 Å². The Hall–Kier alpha value is -1.63. The van der Waals surface area contributed by atoms with E-state index in [1.165, 1.54) is 12.1 Å². The first kappa shape index (κ1) is 13.8. The molecule has 1 aliphatic rings. The molecular weight excluding hydrogens is 277 g/mol. The maximum Gasteiger partial charge on any atom is 0.417 e. The van der Waals surface area contributed by atoms with Crippen LogP contribution in [0.5, 0.6) is 0 Å².